The van der Waals surface area contributed by atoms with Gasteiger partial charge in [0.25, 0.3) is 0 Å². The van der Waals surface area contributed by atoms with Crippen LogP contribution in [0.5, 0.6) is 0 Å². The molecule has 2 N–H and O–H groups in total. The number of rotatable bonds is 5. The van der Waals surface area contributed by atoms with E-state index in [0.717, 1.165) is 5.56 Å². The van der Waals surface area contributed by atoms with Crippen molar-refractivity contribution in [2.75, 3.05) is 11.7 Å². The van der Waals surface area contributed by atoms with Gasteiger partial charge >= 0.3 is 0 Å². The number of nitrogen functional groups attached to an aromatic ring is 1. The molecule has 4 nitrogen and oxygen atoms in total. The van der Waals surface area contributed by atoms with E-state index < -0.39 is 9.84 Å². The zero-order valence-corrected chi connectivity index (χ0v) is 11.1. The van der Waals surface area contributed by atoms with Crippen LogP contribution in [0, 0.1) is 0 Å². The Hall–Kier alpha value is -1.85. The maximum Gasteiger partial charge on any atom is 0.202 e. The number of hydrogen-bond acceptors (Lipinski definition) is 4. The third-order valence-electron chi connectivity index (χ3n) is 2.59. The molecule has 2 rings (SSSR count). The molecule has 0 amide bonds. The zero-order valence-electron chi connectivity index (χ0n) is 10.3. The van der Waals surface area contributed by atoms with Gasteiger partial charge < -0.3 is 10.5 Å². The second kappa shape index (κ2) is 5.86. The second-order valence-corrected chi connectivity index (χ2v) is 6.07. The Labute approximate surface area is 112 Å². The van der Waals surface area contributed by atoms with Gasteiger partial charge in [-0.25, -0.2) is 8.42 Å². The number of hydrogen-bond donors (Lipinski definition) is 1. The molecule has 0 fully saturated rings. The molecule has 100 valence electrons. The highest BCUT2D eigenvalue weighted by Gasteiger charge is 2.14. The van der Waals surface area contributed by atoms with Crippen LogP contribution in [0.25, 0.3) is 0 Å². The first kappa shape index (κ1) is 13.6. The summed E-state index contributed by atoms with van der Waals surface area (Å²) in [7, 11) is -3.42. The fraction of sp³-hybridized carbons (Fsp3) is 0.143. The Morgan fingerprint density at radius 1 is 0.947 bits per heavy atom. The maximum atomic E-state index is 12.0. The first-order valence-electron chi connectivity index (χ1n) is 5.78. The van der Waals surface area contributed by atoms with Gasteiger partial charge in [-0.05, 0) is 29.8 Å². The van der Waals surface area contributed by atoms with Crippen LogP contribution in [0.1, 0.15) is 5.56 Å². The van der Waals surface area contributed by atoms with Crippen molar-refractivity contribution >= 4 is 15.5 Å². The van der Waals surface area contributed by atoms with Gasteiger partial charge in [0, 0.05) is 5.69 Å². The maximum absolute atomic E-state index is 12.0. The van der Waals surface area contributed by atoms with Gasteiger partial charge in [0.2, 0.25) is 9.84 Å². The van der Waals surface area contributed by atoms with Crippen molar-refractivity contribution < 1.29 is 13.2 Å². The Kier molecular flexibility index (Phi) is 4.19. The lowest BCUT2D eigenvalue weighted by Crippen LogP contribution is -2.10. The van der Waals surface area contributed by atoms with Crippen LogP contribution >= 0.6 is 0 Å². The molecule has 0 unspecified atom stereocenters. The standard InChI is InChI=1S/C14H15NO3S/c15-13-6-8-14(9-7-13)19(16,17)11-18-10-12-4-2-1-3-5-12/h1-9H,10-11,15H2. The SMILES string of the molecule is Nc1ccc(S(=O)(=O)COCc2ccccc2)cc1. The second-order valence-electron chi connectivity index (χ2n) is 4.14. The molecular weight excluding hydrogens is 262 g/mol. The molecule has 0 radical (unpaired) electrons. The van der Waals surface area contributed by atoms with E-state index in [2.05, 4.69) is 0 Å². The van der Waals surface area contributed by atoms with Crippen LogP contribution in [-0.4, -0.2) is 14.4 Å². The third kappa shape index (κ3) is 3.81. The molecule has 0 atom stereocenters. The van der Waals surface area contributed by atoms with Crippen molar-refractivity contribution in [3.63, 3.8) is 0 Å². The number of ether oxygens (including phenoxy) is 1. The zero-order chi connectivity index (χ0) is 13.7. The summed E-state index contributed by atoms with van der Waals surface area (Å²) in [5, 5.41) is 0. The molecule has 5 heteroatoms. The summed E-state index contributed by atoms with van der Waals surface area (Å²) >= 11 is 0. The van der Waals surface area contributed by atoms with Crippen molar-refractivity contribution in [1.29, 1.82) is 0 Å². The first-order chi connectivity index (χ1) is 9.08. The van der Waals surface area contributed by atoms with Gasteiger partial charge in [-0.3, -0.25) is 0 Å². The molecule has 0 saturated heterocycles. The Morgan fingerprint density at radius 2 is 1.58 bits per heavy atom. The molecule has 0 aliphatic carbocycles. The van der Waals surface area contributed by atoms with Gasteiger partial charge in [-0.2, -0.15) is 0 Å². The summed E-state index contributed by atoms with van der Waals surface area (Å²) in [4.78, 5) is 0.217. The summed E-state index contributed by atoms with van der Waals surface area (Å²) in [6.07, 6.45) is 0. The molecule has 0 aliphatic rings. The molecular formula is C14H15NO3S. The molecule has 2 aromatic carbocycles. The van der Waals surface area contributed by atoms with Crippen LogP contribution < -0.4 is 5.73 Å². The van der Waals surface area contributed by atoms with E-state index in [-0.39, 0.29) is 17.4 Å². The lowest BCUT2D eigenvalue weighted by atomic mass is 10.2. The van der Waals surface area contributed by atoms with Crippen molar-refractivity contribution in [2.45, 2.75) is 11.5 Å². The minimum Gasteiger partial charge on any atom is -0.399 e. The number of benzene rings is 2. The molecule has 19 heavy (non-hydrogen) atoms. The fourth-order valence-electron chi connectivity index (χ4n) is 1.59. The van der Waals surface area contributed by atoms with Gasteiger partial charge in [0.05, 0.1) is 11.5 Å². The molecule has 0 aliphatic heterocycles. The minimum atomic E-state index is -3.42. The van der Waals surface area contributed by atoms with E-state index in [9.17, 15) is 8.42 Å². The van der Waals surface area contributed by atoms with E-state index in [1.807, 2.05) is 30.3 Å². The van der Waals surface area contributed by atoms with Crippen LogP contribution in [0.15, 0.2) is 59.5 Å². The number of anilines is 1. The highest BCUT2D eigenvalue weighted by Crippen LogP contribution is 2.14. The van der Waals surface area contributed by atoms with E-state index in [1.54, 1.807) is 12.1 Å². The third-order valence-corrected chi connectivity index (χ3v) is 4.06. The summed E-state index contributed by atoms with van der Waals surface area (Å²) in [6.45, 7) is 0.273. The summed E-state index contributed by atoms with van der Waals surface area (Å²) < 4.78 is 29.2. The summed E-state index contributed by atoms with van der Waals surface area (Å²) in [5.41, 5.74) is 6.99. The quantitative estimate of drug-likeness (QED) is 0.851. The van der Waals surface area contributed by atoms with Crippen LogP contribution in [0.3, 0.4) is 0 Å². The van der Waals surface area contributed by atoms with Crippen molar-refractivity contribution in [3.05, 3.63) is 60.2 Å². The molecule has 2 aromatic rings. The van der Waals surface area contributed by atoms with Crippen LogP contribution in [0.2, 0.25) is 0 Å². The topological polar surface area (TPSA) is 69.4 Å². The van der Waals surface area contributed by atoms with Gasteiger partial charge in [0.1, 0.15) is 0 Å². The Morgan fingerprint density at radius 3 is 2.21 bits per heavy atom. The number of sulfone groups is 1. The van der Waals surface area contributed by atoms with E-state index in [0.29, 0.717) is 5.69 Å². The van der Waals surface area contributed by atoms with Crippen molar-refractivity contribution in [1.82, 2.24) is 0 Å². The van der Waals surface area contributed by atoms with Crippen molar-refractivity contribution in [2.24, 2.45) is 0 Å². The first-order valence-corrected chi connectivity index (χ1v) is 7.43. The fourth-order valence-corrected chi connectivity index (χ4v) is 2.58. The largest absolute Gasteiger partial charge is 0.399 e. The van der Waals surface area contributed by atoms with Crippen LogP contribution in [-0.2, 0) is 21.2 Å². The van der Waals surface area contributed by atoms with Gasteiger partial charge in [0.15, 0.2) is 5.94 Å². The molecule has 0 bridgehead atoms. The normalized spacial score (nSPS) is 11.4. The summed E-state index contributed by atoms with van der Waals surface area (Å²) in [5.74, 6) is -0.341. The predicted molar refractivity (Wildman–Crippen MR) is 74.1 cm³/mol. The van der Waals surface area contributed by atoms with Crippen LogP contribution in [0.4, 0.5) is 5.69 Å². The molecule has 0 spiro atoms. The minimum absolute atomic E-state index is 0.217. The van der Waals surface area contributed by atoms with E-state index in [1.165, 1.54) is 12.1 Å². The molecule has 0 aromatic heterocycles. The molecule has 0 saturated carbocycles. The smallest absolute Gasteiger partial charge is 0.202 e. The summed E-state index contributed by atoms with van der Waals surface area (Å²) in [6, 6.07) is 15.5. The Bertz CT molecular complexity index is 622. The lowest BCUT2D eigenvalue weighted by Gasteiger charge is -2.06. The monoisotopic (exact) mass is 277 g/mol. The van der Waals surface area contributed by atoms with Gasteiger partial charge in [-0.1, -0.05) is 30.3 Å². The van der Waals surface area contributed by atoms with E-state index >= 15 is 0 Å². The van der Waals surface area contributed by atoms with E-state index in [4.69, 9.17) is 10.5 Å². The predicted octanol–water partition coefficient (Wildman–Crippen LogP) is 2.22. The molecule has 0 heterocycles. The highest BCUT2D eigenvalue weighted by molar-refractivity contribution is 7.91. The van der Waals surface area contributed by atoms with Crippen molar-refractivity contribution in [3.8, 4) is 0 Å². The Balaban J connectivity index is 1.97. The highest BCUT2D eigenvalue weighted by atomic mass is 32.2. The number of nitrogens with two attached hydrogens (primary N) is 1. The average Bonchev–Trinajstić information content (AvgIpc) is 2.40. The van der Waals surface area contributed by atoms with Gasteiger partial charge in [-0.15, -0.1) is 0 Å². The average molecular weight is 277 g/mol. The lowest BCUT2D eigenvalue weighted by molar-refractivity contribution is 0.163.